The fourth-order valence-corrected chi connectivity index (χ4v) is 4.07. The molecule has 0 saturated carbocycles. The smallest absolute Gasteiger partial charge is 0.225 e. The van der Waals surface area contributed by atoms with Gasteiger partial charge in [-0.1, -0.05) is 36.4 Å². The van der Waals surface area contributed by atoms with Gasteiger partial charge in [-0.25, -0.2) is 4.39 Å². The Kier molecular flexibility index (Phi) is 4.24. The van der Waals surface area contributed by atoms with Gasteiger partial charge in [0.05, 0.1) is 5.69 Å². The van der Waals surface area contributed by atoms with Crippen molar-refractivity contribution in [3.8, 4) is 5.75 Å². The number of anilines is 1. The zero-order chi connectivity index (χ0) is 17.2. The number of nitrogens with one attached hydrogen (secondary N) is 1. The molecule has 0 fully saturated rings. The second-order valence-electron chi connectivity index (χ2n) is 5.92. The first-order chi connectivity index (χ1) is 12.2. The fraction of sp³-hybridized carbons (Fsp3) is 0.150. The van der Waals surface area contributed by atoms with Crippen LogP contribution in [0.1, 0.15) is 28.3 Å². The predicted octanol–water partition coefficient (Wildman–Crippen LogP) is 4.94. The average Bonchev–Trinajstić information content (AvgIpc) is 3.09. The zero-order valence-corrected chi connectivity index (χ0v) is 14.2. The van der Waals surface area contributed by atoms with E-state index in [0.717, 1.165) is 16.1 Å². The van der Waals surface area contributed by atoms with Crippen molar-refractivity contribution in [2.24, 2.45) is 0 Å². The van der Waals surface area contributed by atoms with Crippen LogP contribution in [0.5, 0.6) is 5.75 Å². The molecule has 4 rings (SSSR count). The molecular formula is C20H16FNO2S. The van der Waals surface area contributed by atoms with Crippen molar-refractivity contribution < 1.29 is 13.9 Å². The number of para-hydroxylation sites is 1. The average molecular weight is 353 g/mol. The van der Waals surface area contributed by atoms with Crippen LogP contribution in [0.15, 0.2) is 60.0 Å². The summed E-state index contributed by atoms with van der Waals surface area (Å²) in [6.07, 6.45) is 0.383. The van der Waals surface area contributed by atoms with Gasteiger partial charge in [-0.2, -0.15) is 0 Å². The number of halogens is 1. The fourth-order valence-electron chi connectivity index (χ4n) is 3.10. The molecule has 0 aliphatic carbocycles. The Bertz CT molecular complexity index is 921. The Labute approximate surface area is 149 Å². The lowest BCUT2D eigenvalue weighted by Crippen LogP contribution is -2.22. The Morgan fingerprint density at radius 1 is 1.12 bits per heavy atom. The van der Waals surface area contributed by atoms with Crippen LogP contribution in [0.2, 0.25) is 0 Å². The van der Waals surface area contributed by atoms with Gasteiger partial charge in [-0.3, -0.25) is 4.79 Å². The quantitative estimate of drug-likeness (QED) is 0.721. The van der Waals surface area contributed by atoms with Crippen molar-refractivity contribution in [3.63, 3.8) is 0 Å². The number of ether oxygens (including phenoxy) is 1. The van der Waals surface area contributed by atoms with Gasteiger partial charge >= 0.3 is 0 Å². The van der Waals surface area contributed by atoms with Crippen molar-refractivity contribution in [1.82, 2.24) is 0 Å². The van der Waals surface area contributed by atoms with E-state index in [1.807, 2.05) is 35.7 Å². The largest absolute Gasteiger partial charge is 0.488 e. The van der Waals surface area contributed by atoms with Gasteiger partial charge < -0.3 is 10.1 Å². The molecule has 3 nitrogen and oxygen atoms in total. The molecular weight excluding hydrogens is 337 g/mol. The molecule has 1 N–H and O–H groups in total. The predicted molar refractivity (Wildman–Crippen MR) is 96.6 cm³/mol. The minimum atomic E-state index is -0.280. The maximum absolute atomic E-state index is 13.8. The number of carbonyl (C=O) groups excluding carboxylic acids is 1. The van der Waals surface area contributed by atoms with Gasteiger partial charge in [0.25, 0.3) is 0 Å². The number of carbonyl (C=O) groups is 1. The summed E-state index contributed by atoms with van der Waals surface area (Å²) in [4.78, 5) is 13.2. The summed E-state index contributed by atoms with van der Waals surface area (Å²) in [7, 11) is 0. The molecule has 126 valence electrons. The SMILES string of the molecule is O=C1C[C@@H](c2ccccc2OCc2ccccc2F)c2sccc2N1. The molecule has 5 heteroatoms. The first-order valence-corrected chi connectivity index (χ1v) is 8.92. The molecule has 0 spiro atoms. The topological polar surface area (TPSA) is 38.3 Å². The van der Waals surface area contributed by atoms with Crippen molar-refractivity contribution in [3.05, 3.63) is 81.8 Å². The van der Waals surface area contributed by atoms with Gasteiger partial charge in [0, 0.05) is 28.3 Å². The molecule has 1 aliphatic rings. The summed E-state index contributed by atoms with van der Waals surface area (Å²) < 4.78 is 19.7. The Morgan fingerprint density at radius 3 is 2.80 bits per heavy atom. The number of amides is 1. The maximum atomic E-state index is 13.8. The lowest BCUT2D eigenvalue weighted by Gasteiger charge is -2.24. The lowest BCUT2D eigenvalue weighted by molar-refractivity contribution is -0.116. The third-order valence-electron chi connectivity index (χ3n) is 4.31. The molecule has 1 atom stereocenters. The highest BCUT2D eigenvalue weighted by atomic mass is 32.1. The van der Waals surface area contributed by atoms with Crippen LogP contribution in [0.25, 0.3) is 0 Å². The summed E-state index contributed by atoms with van der Waals surface area (Å²) >= 11 is 1.63. The van der Waals surface area contributed by atoms with E-state index in [1.54, 1.807) is 29.5 Å². The van der Waals surface area contributed by atoms with Crippen LogP contribution >= 0.6 is 11.3 Å². The second-order valence-corrected chi connectivity index (χ2v) is 6.87. The van der Waals surface area contributed by atoms with Crippen molar-refractivity contribution in [1.29, 1.82) is 0 Å². The van der Waals surface area contributed by atoms with Crippen LogP contribution in [-0.4, -0.2) is 5.91 Å². The maximum Gasteiger partial charge on any atom is 0.225 e. The van der Waals surface area contributed by atoms with Crippen LogP contribution < -0.4 is 10.1 Å². The third kappa shape index (κ3) is 3.15. The summed E-state index contributed by atoms with van der Waals surface area (Å²) in [6, 6.07) is 16.2. The summed E-state index contributed by atoms with van der Waals surface area (Å²) in [6.45, 7) is 0.153. The number of fused-ring (bicyclic) bond motifs is 1. The normalized spacial score (nSPS) is 16.2. The molecule has 1 aromatic heterocycles. The van der Waals surface area contributed by atoms with Gasteiger partial charge in [-0.15, -0.1) is 11.3 Å². The van der Waals surface area contributed by atoms with E-state index in [2.05, 4.69) is 5.32 Å². The van der Waals surface area contributed by atoms with Gasteiger partial charge in [0.2, 0.25) is 5.91 Å². The van der Waals surface area contributed by atoms with Crippen LogP contribution in [0, 0.1) is 5.82 Å². The number of benzene rings is 2. The third-order valence-corrected chi connectivity index (χ3v) is 5.34. The Hall–Kier alpha value is -2.66. The van der Waals surface area contributed by atoms with E-state index in [1.165, 1.54) is 6.07 Å². The van der Waals surface area contributed by atoms with E-state index in [4.69, 9.17) is 4.74 Å². The second kappa shape index (κ2) is 6.69. The zero-order valence-electron chi connectivity index (χ0n) is 13.4. The summed E-state index contributed by atoms with van der Waals surface area (Å²) in [5, 5.41) is 4.88. The molecule has 0 radical (unpaired) electrons. The first kappa shape index (κ1) is 15.8. The van der Waals surface area contributed by atoms with Gasteiger partial charge in [0.1, 0.15) is 18.2 Å². The molecule has 0 saturated heterocycles. The molecule has 25 heavy (non-hydrogen) atoms. The van der Waals surface area contributed by atoms with Crippen molar-refractivity contribution in [2.75, 3.05) is 5.32 Å². The molecule has 1 amide bonds. The van der Waals surface area contributed by atoms with E-state index < -0.39 is 0 Å². The number of thiophene rings is 1. The first-order valence-electron chi connectivity index (χ1n) is 8.05. The highest BCUT2D eigenvalue weighted by Gasteiger charge is 2.29. The van der Waals surface area contributed by atoms with E-state index in [9.17, 15) is 9.18 Å². The van der Waals surface area contributed by atoms with Crippen molar-refractivity contribution in [2.45, 2.75) is 18.9 Å². The van der Waals surface area contributed by atoms with Crippen LogP contribution in [0.4, 0.5) is 10.1 Å². The van der Waals surface area contributed by atoms with E-state index in [-0.39, 0.29) is 24.2 Å². The summed E-state index contributed by atoms with van der Waals surface area (Å²) in [5.41, 5.74) is 2.34. The number of rotatable bonds is 4. The Balaban J connectivity index is 1.64. The van der Waals surface area contributed by atoms with Crippen LogP contribution in [0.3, 0.4) is 0 Å². The summed E-state index contributed by atoms with van der Waals surface area (Å²) in [5.74, 6) is 0.364. The minimum absolute atomic E-state index is 0.000179. The van der Waals surface area contributed by atoms with Crippen molar-refractivity contribution >= 4 is 22.9 Å². The van der Waals surface area contributed by atoms with E-state index in [0.29, 0.717) is 17.7 Å². The van der Waals surface area contributed by atoms with E-state index >= 15 is 0 Å². The molecule has 2 heterocycles. The number of hydrogen-bond donors (Lipinski definition) is 1. The molecule has 0 bridgehead atoms. The lowest BCUT2D eigenvalue weighted by atomic mass is 9.90. The van der Waals surface area contributed by atoms with Crippen LogP contribution in [-0.2, 0) is 11.4 Å². The molecule has 2 aromatic carbocycles. The Morgan fingerprint density at radius 2 is 1.92 bits per heavy atom. The monoisotopic (exact) mass is 353 g/mol. The minimum Gasteiger partial charge on any atom is -0.488 e. The number of hydrogen-bond acceptors (Lipinski definition) is 3. The molecule has 0 unspecified atom stereocenters. The van der Waals surface area contributed by atoms with Gasteiger partial charge in [-0.05, 0) is 23.6 Å². The van der Waals surface area contributed by atoms with Gasteiger partial charge in [0.15, 0.2) is 0 Å². The highest BCUT2D eigenvalue weighted by Crippen LogP contribution is 2.43. The molecule has 1 aliphatic heterocycles. The highest BCUT2D eigenvalue weighted by molar-refractivity contribution is 7.10. The standard InChI is InChI=1S/C20H16FNO2S/c21-16-7-3-1-5-13(16)12-24-18-8-4-2-6-14(18)15-11-19(23)22-17-9-10-25-20(15)17/h1-10,15H,11-12H2,(H,22,23)/t15-/m0/s1. The molecule has 3 aromatic rings.